The minimum atomic E-state index is 0.216. The Morgan fingerprint density at radius 3 is 2.86 bits per heavy atom. The van der Waals surface area contributed by atoms with Crippen LogP contribution < -0.4 is 10.1 Å². The molecule has 0 bridgehead atoms. The third kappa shape index (κ3) is 2.18. The van der Waals surface area contributed by atoms with Crippen LogP contribution in [-0.4, -0.2) is 16.6 Å². The summed E-state index contributed by atoms with van der Waals surface area (Å²) in [5, 5.41) is 4.59. The van der Waals surface area contributed by atoms with E-state index in [-0.39, 0.29) is 6.04 Å². The lowest BCUT2D eigenvalue weighted by atomic mass is 10.0. The van der Waals surface area contributed by atoms with Crippen LogP contribution in [0.1, 0.15) is 18.0 Å². The molecular formula is C17H15N3O. The molecule has 1 aliphatic heterocycles. The van der Waals surface area contributed by atoms with Crippen molar-refractivity contribution >= 4 is 16.7 Å². The van der Waals surface area contributed by atoms with E-state index in [0.29, 0.717) is 0 Å². The van der Waals surface area contributed by atoms with Crippen LogP contribution in [0.2, 0.25) is 0 Å². The van der Waals surface area contributed by atoms with Crippen molar-refractivity contribution in [1.82, 2.24) is 9.97 Å². The van der Waals surface area contributed by atoms with Crippen molar-refractivity contribution < 1.29 is 4.74 Å². The van der Waals surface area contributed by atoms with E-state index in [4.69, 9.17) is 4.74 Å². The van der Waals surface area contributed by atoms with Gasteiger partial charge in [0.25, 0.3) is 0 Å². The van der Waals surface area contributed by atoms with Crippen LogP contribution >= 0.6 is 0 Å². The first kappa shape index (κ1) is 12.1. The molecule has 4 heteroatoms. The van der Waals surface area contributed by atoms with E-state index in [1.54, 1.807) is 6.33 Å². The predicted octanol–water partition coefficient (Wildman–Crippen LogP) is 3.57. The summed E-state index contributed by atoms with van der Waals surface area (Å²) in [5.74, 6) is 1.84. The number of nitrogens with one attached hydrogen (secondary N) is 1. The smallest absolute Gasteiger partial charge is 0.137 e. The van der Waals surface area contributed by atoms with Gasteiger partial charge in [-0.1, -0.05) is 30.3 Å². The molecule has 4 rings (SSSR count). The van der Waals surface area contributed by atoms with Crippen molar-refractivity contribution in [1.29, 1.82) is 0 Å². The minimum absolute atomic E-state index is 0.216. The third-order valence-electron chi connectivity index (χ3n) is 3.81. The lowest BCUT2D eigenvalue weighted by Crippen LogP contribution is -2.20. The summed E-state index contributed by atoms with van der Waals surface area (Å²) in [5.41, 5.74) is 2.14. The second kappa shape index (κ2) is 5.05. The quantitative estimate of drug-likeness (QED) is 0.778. The van der Waals surface area contributed by atoms with Crippen molar-refractivity contribution in [2.75, 3.05) is 11.9 Å². The number of anilines is 1. The molecule has 0 spiro atoms. The highest BCUT2D eigenvalue weighted by molar-refractivity contribution is 5.88. The second-order valence-electron chi connectivity index (χ2n) is 5.11. The number of hydrogen-bond donors (Lipinski definition) is 1. The molecule has 0 aliphatic carbocycles. The van der Waals surface area contributed by atoms with Gasteiger partial charge in [0.05, 0.1) is 18.2 Å². The van der Waals surface area contributed by atoms with Crippen LogP contribution in [-0.2, 0) is 0 Å². The molecule has 4 nitrogen and oxygen atoms in total. The molecule has 1 atom stereocenters. The number of rotatable bonds is 2. The Balaban J connectivity index is 1.73. The molecule has 0 amide bonds. The first-order chi connectivity index (χ1) is 10.4. The Bertz CT molecular complexity index is 782. The number of hydrogen-bond acceptors (Lipinski definition) is 4. The molecule has 1 N–H and O–H groups in total. The summed E-state index contributed by atoms with van der Waals surface area (Å²) in [6, 6.07) is 16.4. The summed E-state index contributed by atoms with van der Waals surface area (Å²) >= 11 is 0. The molecule has 0 saturated carbocycles. The van der Waals surface area contributed by atoms with Gasteiger partial charge in [0.2, 0.25) is 0 Å². The Morgan fingerprint density at radius 1 is 1.00 bits per heavy atom. The highest BCUT2D eigenvalue weighted by Crippen LogP contribution is 2.34. The van der Waals surface area contributed by atoms with Crippen molar-refractivity contribution in [3.63, 3.8) is 0 Å². The number of aromatic nitrogens is 2. The van der Waals surface area contributed by atoms with Gasteiger partial charge in [-0.25, -0.2) is 9.97 Å². The van der Waals surface area contributed by atoms with E-state index in [1.807, 2.05) is 42.5 Å². The number of fused-ring (bicyclic) bond motifs is 2. The van der Waals surface area contributed by atoms with Crippen molar-refractivity contribution in [3.8, 4) is 5.75 Å². The van der Waals surface area contributed by atoms with Crippen molar-refractivity contribution in [2.45, 2.75) is 12.5 Å². The van der Waals surface area contributed by atoms with Gasteiger partial charge >= 0.3 is 0 Å². The normalized spacial score (nSPS) is 17.0. The maximum Gasteiger partial charge on any atom is 0.137 e. The van der Waals surface area contributed by atoms with E-state index < -0.39 is 0 Å². The van der Waals surface area contributed by atoms with Crippen LogP contribution in [0.3, 0.4) is 0 Å². The fourth-order valence-electron chi connectivity index (χ4n) is 2.78. The van der Waals surface area contributed by atoms with Crippen molar-refractivity contribution in [3.05, 3.63) is 60.4 Å². The zero-order valence-corrected chi connectivity index (χ0v) is 11.5. The fourth-order valence-corrected chi connectivity index (χ4v) is 2.78. The van der Waals surface area contributed by atoms with E-state index in [1.165, 1.54) is 5.56 Å². The summed E-state index contributed by atoms with van der Waals surface area (Å²) in [7, 11) is 0. The zero-order chi connectivity index (χ0) is 14.1. The average molecular weight is 277 g/mol. The lowest BCUT2D eigenvalue weighted by Gasteiger charge is -2.27. The van der Waals surface area contributed by atoms with E-state index >= 15 is 0 Å². The minimum Gasteiger partial charge on any atom is -0.493 e. The van der Waals surface area contributed by atoms with Crippen LogP contribution in [0.25, 0.3) is 10.9 Å². The standard InChI is InChI=1S/C17H15N3O/c1-3-7-14-13(6-1)17(19-11-18-14)20-15-9-10-21-16-8-4-2-5-12(15)16/h1-8,11,15H,9-10H2,(H,18,19,20)/t15-/m0/s1. The maximum absolute atomic E-state index is 5.71. The van der Waals surface area contributed by atoms with Crippen LogP contribution in [0.5, 0.6) is 5.75 Å². The highest BCUT2D eigenvalue weighted by Gasteiger charge is 2.21. The first-order valence-corrected chi connectivity index (χ1v) is 7.10. The summed E-state index contributed by atoms with van der Waals surface area (Å²) < 4.78 is 5.71. The fraction of sp³-hybridized carbons (Fsp3) is 0.176. The van der Waals surface area contributed by atoms with Gasteiger partial charge < -0.3 is 10.1 Å². The maximum atomic E-state index is 5.71. The number of para-hydroxylation sites is 2. The van der Waals surface area contributed by atoms with E-state index in [0.717, 1.165) is 35.5 Å². The molecule has 0 saturated heterocycles. The summed E-state index contributed by atoms with van der Waals surface area (Å²) in [6.07, 6.45) is 2.53. The number of benzene rings is 2. The molecule has 0 unspecified atom stereocenters. The van der Waals surface area contributed by atoms with Gasteiger partial charge in [-0.15, -0.1) is 0 Å². The zero-order valence-electron chi connectivity index (χ0n) is 11.5. The molecule has 1 aromatic heterocycles. The third-order valence-corrected chi connectivity index (χ3v) is 3.81. The van der Waals surface area contributed by atoms with Crippen LogP contribution in [0.15, 0.2) is 54.9 Å². The summed E-state index contributed by atoms with van der Waals surface area (Å²) in [4.78, 5) is 8.71. The molecule has 2 aromatic carbocycles. The average Bonchev–Trinajstić information content (AvgIpc) is 2.56. The van der Waals surface area contributed by atoms with Gasteiger partial charge in [-0.3, -0.25) is 0 Å². The van der Waals surface area contributed by atoms with Gasteiger partial charge in [-0.05, 0) is 18.2 Å². The van der Waals surface area contributed by atoms with Gasteiger partial charge in [0, 0.05) is 17.4 Å². The molecule has 21 heavy (non-hydrogen) atoms. The van der Waals surface area contributed by atoms with Gasteiger partial charge in [-0.2, -0.15) is 0 Å². The largest absolute Gasteiger partial charge is 0.493 e. The SMILES string of the molecule is c1ccc2c(c1)OCC[C@@H]2Nc1ncnc2ccccc12. The Hall–Kier alpha value is -2.62. The molecule has 0 radical (unpaired) electrons. The number of ether oxygens (including phenoxy) is 1. The van der Waals surface area contributed by atoms with Crippen LogP contribution in [0.4, 0.5) is 5.82 Å². The summed E-state index contributed by atoms with van der Waals surface area (Å²) in [6.45, 7) is 0.720. The van der Waals surface area contributed by atoms with Crippen molar-refractivity contribution in [2.24, 2.45) is 0 Å². The van der Waals surface area contributed by atoms with Crippen LogP contribution in [0, 0.1) is 0 Å². The highest BCUT2D eigenvalue weighted by atomic mass is 16.5. The molecule has 1 aliphatic rings. The Kier molecular flexibility index (Phi) is 2.92. The Morgan fingerprint density at radius 2 is 1.86 bits per heavy atom. The second-order valence-corrected chi connectivity index (χ2v) is 5.11. The first-order valence-electron chi connectivity index (χ1n) is 7.10. The molecule has 2 heterocycles. The number of nitrogens with zero attached hydrogens (tertiary/aromatic N) is 2. The predicted molar refractivity (Wildman–Crippen MR) is 82.5 cm³/mol. The van der Waals surface area contributed by atoms with E-state index in [2.05, 4.69) is 21.4 Å². The van der Waals surface area contributed by atoms with E-state index in [9.17, 15) is 0 Å². The molecule has 104 valence electrons. The lowest BCUT2D eigenvalue weighted by molar-refractivity contribution is 0.274. The molecular weight excluding hydrogens is 262 g/mol. The van der Waals surface area contributed by atoms with Gasteiger partial charge in [0.1, 0.15) is 17.9 Å². The molecule has 0 fully saturated rings. The molecule has 3 aromatic rings. The van der Waals surface area contributed by atoms with Gasteiger partial charge in [0.15, 0.2) is 0 Å². The monoisotopic (exact) mass is 277 g/mol. The Labute approximate surface area is 122 Å². The topological polar surface area (TPSA) is 47.0 Å².